The Kier molecular flexibility index (Phi) is 2.71. The molecule has 0 saturated carbocycles. The van der Waals surface area contributed by atoms with Crippen LogP contribution in [0, 0.1) is 5.92 Å². The molecule has 2 bridgehead atoms. The maximum Gasteiger partial charge on any atom is 0.156 e. The third kappa shape index (κ3) is 1.67. The minimum atomic E-state index is -2.73. The van der Waals surface area contributed by atoms with Crippen LogP contribution in [0.4, 0.5) is 0 Å². The highest BCUT2D eigenvalue weighted by Gasteiger charge is 2.43. The lowest BCUT2D eigenvalue weighted by atomic mass is 9.91. The quantitative estimate of drug-likeness (QED) is 0.682. The largest absolute Gasteiger partial charge is 0.228 e. The van der Waals surface area contributed by atoms with E-state index in [4.69, 9.17) is 0 Å². The predicted octanol–water partition coefficient (Wildman–Crippen LogP) is 2.13. The number of rotatable bonds is 1. The Morgan fingerprint density at radius 3 is 2.15 bits per heavy atom. The van der Waals surface area contributed by atoms with Gasteiger partial charge >= 0.3 is 0 Å². The lowest BCUT2D eigenvalue weighted by Gasteiger charge is -2.38. The van der Waals surface area contributed by atoms with Crippen LogP contribution in [0.25, 0.3) is 0 Å². The lowest BCUT2D eigenvalue weighted by Crippen LogP contribution is -2.43. The summed E-state index contributed by atoms with van der Waals surface area (Å²) in [5, 5.41) is 0.945. The summed E-state index contributed by atoms with van der Waals surface area (Å²) in [6.07, 6.45) is 4.71. The van der Waals surface area contributed by atoms with E-state index in [1.165, 1.54) is 0 Å². The Hall–Kier alpha value is 0.430. The molecule has 0 radical (unpaired) electrons. The average molecular weight is 267 g/mol. The summed E-state index contributed by atoms with van der Waals surface area (Å²) in [4.78, 5) is 0. The fourth-order valence-corrected chi connectivity index (χ4v) is 5.79. The molecular weight excluding hydrogens is 252 g/mol. The van der Waals surface area contributed by atoms with Crippen molar-refractivity contribution in [2.75, 3.05) is 5.33 Å². The predicted molar refractivity (Wildman–Crippen MR) is 56.9 cm³/mol. The molecular formula is C9H15BrO2S. The van der Waals surface area contributed by atoms with E-state index >= 15 is 0 Å². The van der Waals surface area contributed by atoms with Crippen LogP contribution in [0.15, 0.2) is 0 Å². The average Bonchev–Trinajstić information content (AvgIpc) is 2.02. The third-order valence-electron chi connectivity index (χ3n) is 3.39. The van der Waals surface area contributed by atoms with E-state index in [1.807, 2.05) is 0 Å². The van der Waals surface area contributed by atoms with Crippen molar-refractivity contribution < 1.29 is 8.42 Å². The summed E-state index contributed by atoms with van der Waals surface area (Å²) in [5.74, 6) is 0.596. The zero-order chi connectivity index (χ0) is 9.47. The van der Waals surface area contributed by atoms with Crippen LogP contribution in [0.5, 0.6) is 0 Å². The van der Waals surface area contributed by atoms with Crippen molar-refractivity contribution in [2.24, 2.45) is 5.92 Å². The molecule has 76 valence electrons. The molecule has 2 aliphatic rings. The van der Waals surface area contributed by atoms with E-state index < -0.39 is 9.84 Å². The van der Waals surface area contributed by atoms with Gasteiger partial charge in [0.2, 0.25) is 0 Å². The first-order valence-corrected chi connectivity index (χ1v) is 7.66. The van der Waals surface area contributed by atoms with Crippen LogP contribution < -0.4 is 0 Å². The SMILES string of the molecule is O=S1(=O)C2CCCC1CC(CBr)C2. The molecule has 2 unspecified atom stereocenters. The lowest BCUT2D eigenvalue weighted by molar-refractivity contribution is 0.366. The summed E-state index contributed by atoms with van der Waals surface area (Å²) >= 11 is 3.46. The van der Waals surface area contributed by atoms with Gasteiger partial charge in [-0.05, 0) is 31.6 Å². The maximum atomic E-state index is 11.8. The van der Waals surface area contributed by atoms with Crippen LogP contribution in [0.2, 0.25) is 0 Å². The van der Waals surface area contributed by atoms with E-state index in [-0.39, 0.29) is 10.5 Å². The van der Waals surface area contributed by atoms with Gasteiger partial charge < -0.3 is 0 Å². The van der Waals surface area contributed by atoms with Crippen LogP contribution >= 0.6 is 15.9 Å². The second-order valence-corrected chi connectivity index (χ2v) is 7.41. The number of hydrogen-bond acceptors (Lipinski definition) is 2. The molecule has 0 N–H and O–H groups in total. The molecule has 0 aromatic rings. The highest BCUT2D eigenvalue weighted by molar-refractivity contribution is 9.09. The number of alkyl halides is 1. The van der Waals surface area contributed by atoms with Gasteiger partial charge in [0, 0.05) is 5.33 Å². The van der Waals surface area contributed by atoms with Crippen LogP contribution in [0.3, 0.4) is 0 Å². The van der Waals surface area contributed by atoms with Crippen molar-refractivity contribution in [3.05, 3.63) is 0 Å². The Morgan fingerprint density at radius 1 is 1.15 bits per heavy atom. The molecule has 13 heavy (non-hydrogen) atoms. The highest BCUT2D eigenvalue weighted by atomic mass is 79.9. The summed E-state index contributed by atoms with van der Waals surface area (Å²) in [6.45, 7) is 0. The van der Waals surface area contributed by atoms with Gasteiger partial charge in [0.15, 0.2) is 9.84 Å². The van der Waals surface area contributed by atoms with E-state index in [2.05, 4.69) is 15.9 Å². The standard InChI is InChI=1S/C9H15BrO2S/c10-6-7-4-8-2-1-3-9(5-7)13(8,11)12/h7-9H,1-6H2. The van der Waals surface area contributed by atoms with E-state index in [0.29, 0.717) is 5.92 Å². The first-order valence-electron chi connectivity index (χ1n) is 4.93. The van der Waals surface area contributed by atoms with Gasteiger partial charge in [-0.1, -0.05) is 22.4 Å². The topological polar surface area (TPSA) is 34.1 Å². The molecule has 2 heterocycles. The van der Waals surface area contributed by atoms with Crippen molar-refractivity contribution in [3.63, 3.8) is 0 Å². The van der Waals surface area contributed by atoms with Gasteiger partial charge in [-0.25, -0.2) is 8.42 Å². The summed E-state index contributed by atoms with van der Waals surface area (Å²) < 4.78 is 23.7. The molecule has 2 rings (SSSR count). The minimum Gasteiger partial charge on any atom is -0.228 e. The van der Waals surface area contributed by atoms with Crippen LogP contribution in [-0.2, 0) is 9.84 Å². The van der Waals surface area contributed by atoms with E-state index in [0.717, 1.165) is 37.4 Å². The zero-order valence-corrected chi connectivity index (χ0v) is 9.98. The molecule has 0 spiro atoms. The van der Waals surface area contributed by atoms with Gasteiger partial charge in [-0.2, -0.15) is 0 Å². The van der Waals surface area contributed by atoms with Gasteiger partial charge in [0.25, 0.3) is 0 Å². The molecule has 0 amide bonds. The van der Waals surface area contributed by atoms with E-state index in [9.17, 15) is 8.42 Å². The first kappa shape index (κ1) is 9.97. The number of halogens is 1. The highest BCUT2D eigenvalue weighted by Crippen LogP contribution is 2.39. The zero-order valence-electron chi connectivity index (χ0n) is 7.58. The van der Waals surface area contributed by atoms with Gasteiger partial charge in [-0.3, -0.25) is 0 Å². The third-order valence-corrected chi connectivity index (χ3v) is 7.02. The molecule has 0 aliphatic carbocycles. The van der Waals surface area contributed by atoms with Gasteiger partial charge in [0.05, 0.1) is 10.5 Å². The Balaban J connectivity index is 2.22. The van der Waals surface area contributed by atoms with Gasteiger partial charge in [0.1, 0.15) is 0 Å². The van der Waals surface area contributed by atoms with Crippen molar-refractivity contribution in [1.29, 1.82) is 0 Å². The number of fused-ring (bicyclic) bond motifs is 2. The summed E-state index contributed by atoms with van der Waals surface area (Å²) in [5.41, 5.74) is 0. The van der Waals surface area contributed by atoms with Crippen LogP contribution in [0.1, 0.15) is 32.1 Å². The Morgan fingerprint density at radius 2 is 1.69 bits per heavy atom. The summed E-state index contributed by atoms with van der Waals surface area (Å²) in [6, 6.07) is 0. The monoisotopic (exact) mass is 266 g/mol. The maximum absolute atomic E-state index is 11.8. The molecule has 2 atom stereocenters. The van der Waals surface area contributed by atoms with Gasteiger partial charge in [-0.15, -0.1) is 0 Å². The molecule has 2 fully saturated rings. The molecule has 2 aliphatic heterocycles. The molecule has 0 aromatic heterocycles. The number of sulfone groups is 1. The van der Waals surface area contributed by atoms with Crippen molar-refractivity contribution in [3.8, 4) is 0 Å². The van der Waals surface area contributed by atoms with Crippen molar-refractivity contribution >= 4 is 25.8 Å². The molecule has 4 heteroatoms. The first-order chi connectivity index (χ1) is 6.14. The second kappa shape index (κ2) is 3.54. The molecule has 2 nitrogen and oxygen atoms in total. The smallest absolute Gasteiger partial charge is 0.156 e. The fraction of sp³-hybridized carbons (Fsp3) is 1.00. The molecule has 0 aromatic carbocycles. The summed E-state index contributed by atoms with van der Waals surface area (Å²) in [7, 11) is -2.73. The van der Waals surface area contributed by atoms with Crippen LogP contribution in [-0.4, -0.2) is 24.2 Å². The normalized spacial score (nSPS) is 43.0. The Bertz CT molecular complexity index is 266. The second-order valence-electron chi connectivity index (χ2n) is 4.26. The van der Waals surface area contributed by atoms with E-state index in [1.54, 1.807) is 0 Å². The molecule has 2 saturated heterocycles. The fourth-order valence-electron chi connectivity index (χ4n) is 2.64. The number of hydrogen-bond donors (Lipinski definition) is 0. The Labute approximate surface area is 88.1 Å². The van der Waals surface area contributed by atoms with Crippen molar-refractivity contribution in [2.45, 2.75) is 42.6 Å². The minimum absolute atomic E-state index is 0.0115. The van der Waals surface area contributed by atoms with Crippen molar-refractivity contribution in [1.82, 2.24) is 0 Å².